The summed E-state index contributed by atoms with van der Waals surface area (Å²) in [5.74, 6) is 0.114. The molecule has 0 spiro atoms. The highest BCUT2D eigenvalue weighted by Gasteiger charge is 2.27. The van der Waals surface area contributed by atoms with Gasteiger partial charge in [0.25, 0.3) is 0 Å². The van der Waals surface area contributed by atoms with Gasteiger partial charge in [-0.25, -0.2) is 0 Å². The Bertz CT molecular complexity index is 942. The first-order chi connectivity index (χ1) is 15.7. The summed E-state index contributed by atoms with van der Waals surface area (Å²) in [6.07, 6.45) is 3.16. The van der Waals surface area contributed by atoms with Gasteiger partial charge >= 0.3 is 0 Å². The van der Waals surface area contributed by atoms with E-state index >= 15 is 0 Å². The van der Waals surface area contributed by atoms with E-state index in [0.717, 1.165) is 75.7 Å². The van der Waals surface area contributed by atoms with Crippen molar-refractivity contribution in [2.45, 2.75) is 38.4 Å². The third-order valence-electron chi connectivity index (χ3n) is 6.72. The minimum absolute atomic E-state index is 0.114. The summed E-state index contributed by atoms with van der Waals surface area (Å²) >= 11 is 0. The van der Waals surface area contributed by atoms with Crippen LogP contribution in [0.5, 0.6) is 0 Å². The highest BCUT2D eigenvalue weighted by atomic mass is 16.5. The molecule has 2 atom stereocenters. The second-order valence-electron chi connectivity index (χ2n) is 8.90. The number of anilines is 4. The predicted molar refractivity (Wildman–Crippen MR) is 130 cm³/mol. The second-order valence-corrected chi connectivity index (χ2v) is 8.90. The summed E-state index contributed by atoms with van der Waals surface area (Å²) < 4.78 is 5.45. The van der Waals surface area contributed by atoms with Gasteiger partial charge in [0, 0.05) is 50.4 Å². The van der Waals surface area contributed by atoms with Crippen molar-refractivity contribution >= 4 is 28.7 Å². The van der Waals surface area contributed by atoms with Crippen LogP contribution in [0.1, 0.15) is 25.3 Å². The van der Waals surface area contributed by atoms with E-state index in [1.54, 1.807) is 6.92 Å². The van der Waals surface area contributed by atoms with Crippen LogP contribution in [0.3, 0.4) is 0 Å². The molecule has 2 aromatic rings. The molecule has 2 fully saturated rings. The molecule has 5 rings (SSSR count). The fourth-order valence-electron chi connectivity index (χ4n) is 5.06. The lowest BCUT2D eigenvalue weighted by atomic mass is 10.0. The van der Waals surface area contributed by atoms with Crippen LogP contribution in [-0.2, 0) is 16.0 Å². The fourth-order valence-corrected chi connectivity index (χ4v) is 5.06. The number of piperidine rings is 1. The number of nitrogens with zero attached hydrogens (tertiary/aromatic N) is 2. The maximum absolute atomic E-state index is 12.1. The largest absolute Gasteiger partial charge is 0.380 e. The van der Waals surface area contributed by atoms with Crippen LogP contribution in [0.2, 0.25) is 0 Å². The molecule has 0 saturated carbocycles. The van der Waals surface area contributed by atoms with Crippen LogP contribution in [0.4, 0.5) is 22.7 Å². The standard InChI is InChI=1S/C25H33N5O2/c1-18(31)30-12-10-19-3-2-4-23(25(19)30)27-21-9-11-26-24(17-21)28-20-5-7-22(8-6-20)29-13-15-32-16-14-29/h2-8,21,24,26-28H,9-17H2,1H3. The number of carbonyl (C=O) groups is 1. The number of benzene rings is 2. The molecular formula is C25H33N5O2. The van der Waals surface area contributed by atoms with Crippen LogP contribution in [0, 0.1) is 0 Å². The van der Waals surface area contributed by atoms with Gasteiger partial charge in [-0.15, -0.1) is 0 Å². The molecule has 2 aromatic carbocycles. The maximum atomic E-state index is 12.1. The molecule has 2 unspecified atom stereocenters. The lowest BCUT2D eigenvalue weighted by Gasteiger charge is -2.33. The maximum Gasteiger partial charge on any atom is 0.223 e. The number of hydrogen-bond acceptors (Lipinski definition) is 6. The van der Waals surface area contributed by atoms with E-state index < -0.39 is 0 Å². The van der Waals surface area contributed by atoms with Gasteiger partial charge in [0.15, 0.2) is 0 Å². The van der Waals surface area contributed by atoms with E-state index in [1.807, 2.05) is 4.90 Å². The van der Waals surface area contributed by atoms with Gasteiger partial charge < -0.3 is 25.2 Å². The molecule has 7 heteroatoms. The van der Waals surface area contributed by atoms with Gasteiger partial charge in [0.05, 0.1) is 30.8 Å². The molecule has 0 bridgehead atoms. The fraction of sp³-hybridized carbons (Fsp3) is 0.480. The van der Waals surface area contributed by atoms with E-state index in [-0.39, 0.29) is 12.1 Å². The molecule has 2 saturated heterocycles. The van der Waals surface area contributed by atoms with Crippen molar-refractivity contribution < 1.29 is 9.53 Å². The number of nitrogens with one attached hydrogen (secondary N) is 3. The zero-order chi connectivity index (χ0) is 21.9. The first-order valence-corrected chi connectivity index (χ1v) is 11.8. The Morgan fingerprint density at radius 3 is 2.66 bits per heavy atom. The molecule has 3 heterocycles. The summed E-state index contributed by atoms with van der Waals surface area (Å²) in [6.45, 7) is 6.89. The number of para-hydroxylation sites is 1. The summed E-state index contributed by atoms with van der Waals surface area (Å²) in [4.78, 5) is 16.4. The Hall–Kier alpha value is -2.77. The zero-order valence-corrected chi connectivity index (χ0v) is 18.8. The molecule has 3 aliphatic heterocycles. The van der Waals surface area contributed by atoms with E-state index in [2.05, 4.69) is 63.3 Å². The normalized spacial score (nSPS) is 23.0. The van der Waals surface area contributed by atoms with Crippen molar-refractivity contribution in [1.82, 2.24) is 5.32 Å². The number of amides is 1. The Morgan fingerprint density at radius 2 is 1.88 bits per heavy atom. The van der Waals surface area contributed by atoms with Crippen LogP contribution in [0.25, 0.3) is 0 Å². The Labute approximate surface area is 190 Å². The average molecular weight is 436 g/mol. The van der Waals surface area contributed by atoms with Gasteiger partial charge in [-0.3, -0.25) is 10.1 Å². The van der Waals surface area contributed by atoms with Gasteiger partial charge in [-0.2, -0.15) is 0 Å². The first kappa shape index (κ1) is 21.1. The number of rotatable bonds is 5. The van der Waals surface area contributed by atoms with Crippen molar-refractivity contribution in [2.75, 3.05) is 59.8 Å². The minimum atomic E-state index is 0.114. The molecule has 0 aromatic heterocycles. The van der Waals surface area contributed by atoms with E-state index in [4.69, 9.17) is 4.74 Å². The van der Waals surface area contributed by atoms with Gasteiger partial charge in [0.1, 0.15) is 0 Å². The van der Waals surface area contributed by atoms with E-state index in [0.29, 0.717) is 6.04 Å². The smallest absolute Gasteiger partial charge is 0.223 e. The number of fused-ring (bicyclic) bond motifs is 1. The summed E-state index contributed by atoms with van der Waals surface area (Å²) in [7, 11) is 0. The van der Waals surface area contributed by atoms with Gasteiger partial charge in [-0.1, -0.05) is 12.1 Å². The van der Waals surface area contributed by atoms with E-state index in [9.17, 15) is 4.79 Å². The molecule has 3 aliphatic rings. The summed E-state index contributed by atoms with van der Waals surface area (Å²) in [6, 6.07) is 15.4. The molecule has 32 heavy (non-hydrogen) atoms. The lowest BCUT2D eigenvalue weighted by molar-refractivity contribution is -0.116. The third kappa shape index (κ3) is 4.54. The molecule has 0 aliphatic carbocycles. The summed E-state index contributed by atoms with van der Waals surface area (Å²) in [5.41, 5.74) is 5.79. The van der Waals surface area contributed by atoms with Crippen molar-refractivity contribution in [3.8, 4) is 0 Å². The zero-order valence-electron chi connectivity index (χ0n) is 18.8. The van der Waals surface area contributed by atoms with Crippen molar-refractivity contribution in [3.63, 3.8) is 0 Å². The lowest BCUT2D eigenvalue weighted by Crippen LogP contribution is -2.47. The monoisotopic (exact) mass is 435 g/mol. The first-order valence-electron chi connectivity index (χ1n) is 11.8. The molecule has 170 valence electrons. The van der Waals surface area contributed by atoms with E-state index in [1.165, 1.54) is 11.3 Å². The molecule has 7 nitrogen and oxygen atoms in total. The van der Waals surface area contributed by atoms with Crippen molar-refractivity contribution in [3.05, 3.63) is 48.0 Å². The van der Waals surface area contributed by atoms with Gasteiger partial charge in [0.2, 0.25) is 5.91 Å². The SMILES string of the molecule is CC(=O)N1CCc2cccc(NC3CCNC(Nc4ccc(N5CCOCC5)cc4)C3)c21. The third-order valence-corrected chi connectivity index (χ3v) is 6.72. The predicted octanol–water partition coefficient (Wildman–Crippen LogP) is 3.03. The topological polar surface area (TPSA) is 68.9 Å². The van der Waals surface area contributed by atoms with Crippen LogP contribution in [-0.4, -0.2) is 57.5 Å². The molecule has 0 radical (unpaired) electrons. The van der Waals surface area contributed by atoms with Gasteiger partial charge in [-0.05, 0) is 55.3 Å². The number of ether oxygens (including phenoxy) is 1. The average Bonchev–Trinajstić information content (AvgIpc) is 3.26. The highest BCUT2D eigenvalue weighted by molar-refractivity contribution is 5.98. The second kappa shape index (κ2) is 9.38. The van der Waals surface area contributed by atoms with Crippen molar-refractivity contribution in [1.29, 1.82) is 0 Å². The Kier molecular flexibility index (Phi) is 6.19. The van der Waals surface area contributed by atoms with Crippen LogP contribution < -0.4 is 25.8 Å². The quantitative estimate of drug-likeness (QED) is 0.671. The highest BCUT2D eigenvalue weighted by Crippen LogP contribution is 2.36. The Balaban J connectivity index is 1.21. The minimum Gasteiger partial charge on any atom is -0.380 e. The number of hydrogen-bond donors (Lipinski definition) is 3. The van der Waals surface area contributed by atoms with Crippen molar-refractivity contribution in [2.24, 2.45) is 0 Å². The Morgan fingerprint density at radius 1 is 1.06 bits per heavy atom. The van der Waals surface area contributed by atoms with Crippen LogP contribution in [0.15, 0.2) is 42.5 Å². The molecular weight excluding hydrogens is 402 g/mol. The number of morpholine rings is 1. The van der Waals surface area contributed by atoms with Crippen LogP contribution >= 0.6 is 0 Å². The molecule has 1 amide bonds. The number of carbonyl (C=O) groups excluding carboxylic acids is 1. The summed E-state index contributed by atoms with van der Waals surface area (Å²) in [5, 5.41) is 11.0. The molecule has 3 N–H and O–H groups in total.